The van der Waals surface area contributed by atoms with Gasteiger partial charge in [0.05, 0.1) is 29.2 Å². The first-order valence-corrected chi connectivity index (χ1v) is 12.6. The molecule has 7 nitrogen and oxygen atoms in total. The molecule has 1 spiro atoms. The Labute approximate surface area is 190 Å². The number of aliphatic hydroxyl groups excluding tert-OH is 1. The number of thioether (sulfide) groups is 1. The summed E-state index contributed by atoms with van der Waals surface area (Å²) < 4.78 is -0.626. The van der Waals surface area contributed by atoms with Gasteiger partial charge >= 0.3 is 0 Å². The first-order valence-electron chi connectivity index (χ1n) is 11.8. The predicted molar refractivity (Wildman–Crippen MR) is 122 cm³/mol. The Morgan fingerprint density at radius 2 is 1.97 bits per heavy atom. The summed E-state index contributed by atoms with van der Waals surface area (Å²) in [6, 6.07) is -1.09. The highest BCUT2D eigenvalue weighted by Crippen LogP contribution is 2.68. The van der Waals surface area contributed by atoms with E-state index in [1.807, 2.05) is 6.92 Å². The van der Waals surface area contributed by atoms with E-state index in [4.69, 9.17) is 0 Å². The standard InChI is InChI=1S/C23H39N3O4S/c1-7-8-14(5)25-21(29)19-23-13(4)10-16(31-23)17(20(28)24-6)18(23)22(30)26(19)15(11-27)9-12(2)3/h12-19,27H,7-11H2,1-6H3,(H,24,28)(H,25,29)/t13?,14?,15-,16+,17-,18+,19?,23?/m1/s1. The van der Waals surface area contributed by atoms with Crippen molar-refractivity contribution in [2.75, 3.05) is 13.7 Å². The average Bonchev–Trinajstić information content (AvgIpc) is 3.29. The van der Waals surface area contributed by atoms with Crippen LogP contribution in [0.25, 0.3) is 0 Å². The summed E-state index contributed by atoms with van der Waals surface area (Å²) >= 11 is 1.67. The molecule has 8 heteroatoms. The zero-order valence-corrected chi connectivity index (χ0v) is 20.5. The molecule has 3 fully saturated rings. The molecule has 176 valence electrons. The molecule has 3 aliphatic rings. The molecular formula is C23H39N3O4S. The highest BCUT2D eigenvalue weighted by atomic mass is 32.2. The van der Waals surface area contributed by atoms with Crippen molar-refractivity contribution in [3.05, 3.63) is 0 Å². The summed E-state index contributed by atoms with van der Waals surface area (Å²) in [5, 5.41) is 16.2. The van der Waals surface area contributed by atoms with Crippen molar-refractivity contribution >= 4 is 29.5 Å². The zero-order chi connectivity index (χ0) is 23.1. The van der Waals surface area contributed by atoms with Crippen molar-refractivity contribution in [3.63, 3.8) is 0 Å². The molecule has 3 heterocycles. The fourth-order valence-electron chi connectivity index (χ4n) is 6.27. The van der Waals surface area contributed by atoms with Crippen LogP contribution in [0.4, 0.5) is 0 Å². The number of nitrogens with zero attached hydrogens (tertiary/aromatic N) is 1. The quantitative estimate of drug-likeness (QED) is 0.494. The predicted octanol–water partition coefficient (Wildman–Crippen LogP) is 1.78. The maximum absolute atomic E-state index is 13.9. The molecule has 2 bridgehead atoms. The van der Waals surface area contributed by atoms with Gasteiger partial charge in [-0.05, 0) is 38.0 Å². The van der Waals surface area contributed by atoms with Gasteiger partial charge in [0.15, 0.2) is 0 Å². The highest BCUT2D eigenvalue weighted by molar-refractivity contribution is 8.02. The van der Waals surface area contributed by atoms with Crippen molar-refractivity contribution < 1.29 is 19.5 Å². The number of aliphatic hydroxyl groups is 1. The summed E-state index contributed by atoms with van der Waals surface area (Å²) in [6.07, 6.45) is 3.26. The van der Waals surface area contributed by atoms with Gasteiger partial charge in [0.1, 0.15) is 6.04 Å². The fraction of sp³-hybridized carbons (Fsp3) is 0.870. The van der Waals surface area contributed by atoms with Crippen LogP contribution in [-0.2, 0) is 14.4 Å². The molecule has 0 aromatic heterocycles. The van der Waals surface area contributed by atoms with E-state index in [1.54, 1.807) is 23.7 Å². The van der Waals surface area contributed by atoms with Gasteiger partial charge in [0, 0.05) is 18.3 Å². The summed E-state index contributed by atoms with van der Waals surface area (Å²) in [5.41, 5.74) is 0. The molecule has 8 atom stereocenters. The SMILES string of the molecule is CCCC(C)NC(=O)C1N([C@@H](CO)CC(C)C)C(=O)[C@@H]2[C@H](C(=O)NC)[C@@H]3CC(C)C12S3. The lowest BCUT2D eigenvalue weighted by Crippen LogP contribution is -2.59. The number of hydrogen-bond donors (Lipinski definition) is 3. The molecule has 0 saturated carbocycles. The minimum atomic E-state index is -0.667. The summed E-state index contributed by atoms with van der Waals surface area (Å²) in [4.78, 5) is 42.1. The van der Waals surface area contributed by atoms with Crippen LogP contribution in [0.1, 0.15) is 60.3 Å². The van der Waals surface area contributed by atoms with E-state index in [9.17, 15) is 19.5 Å². The van der Waals surface area contributed by atoms with Gasteiger partial charge in [-0.1, -0.05) is 34.1 Å². The topological polar surface area (TPSA) is 98.7 Å². The number of nitrogens with one attached hydrogen (secondary N) is 2. The fourth-order valence-corrected chi connectivity index (χ4v) is 8.67. The highest BCUT2D eigenvalue weighted by Gasteiger charge is 2.76. The third-order valence-electron chi connectivity index (χ3n) is 7.44. The smallest absolute Gasteiger partial charge is 0.244 e. The van der Waals surface area contributed by atoms with E-state index >= 15 is 0 Å². The number of carbonyl (C=O) groups excluding carboxylic acids is 3. The first-order chi connectivity index (χ1) is 14.6. The first kappa shape index (κ1) is 24.4. The van der Waals surface area contributed by atoms with Crippen molar-refractivity contribution in [2.24, 2.45) is 23.7 Å². The molecule has 0 aromatic rings. The molecule has 0 aromatic carbocycles. The zero-order valence-electron chi connectivity index (χ0n) is 19.7. The van der Waals surface area contributed by atoms with E-state index in [2.05, 4.69) is 38.3 Å². The van der Waals surface area contributed by atoms with E-state index in [1.165, 1.54) is 0 Å². The Kier molecular flexibility index (Phi) is 7.31. The maximum atomic E-state index is 13.9. The normalized spacial score (nSPS) is 35.9. The largest absolute Gasteiger partial charge is 0.394 e. The Bertz CT molecular complexity index is 717. The lowest BCUT2D eigenvalue weighted by molar-refractivity contribution is -0.143. The molecule has 4 unspecified atom stereocenters. The lowest BCUT2D eigenvalue weighted by atomic mass is 9.66. The average molecular weight is 454 g/mol. The number of hydrogen-bond acceptors (Lipinski definition) is 5. The minimum Gasteiger partial charge on any atom is -0.394 e. The van der Waals surface area contributed by atoms with Crippen molar-refractivity contribution in [1.82, 2.24) is 15.5 Å². The molecule has 3 N–H and O–H groups in total. The van der Waals surface area contributed by atoms with Crippen molar-refractivity contribution in [1.29, 1.82) is 0 Å². The van der Waals surface area contributed by atoms with E-state index < -0.39 is 28.7 Å². The van der Waals surface area contributed by atoms with Gasteiger partial charge in [0.2, 0.25) is 17.7 Å². The molecule has 3 aliphatic heterocycles. The van der Waals surface area contributed by atoms with E-state index in [0.29, 0.717) is 6.42 Å². The van der Waals surface area contributed by atoms with Crippen LogP contribution < -0.4 is 10.6 Å². The number of amides is 3. The van der Waals surface area contributed by atoms with E-state index in [0.717, 1.165) is 19.3 Å². The molecule has 3 rings (SSSR count). The summed E-state index contributed by atoms with van der Waals surface area (Å²) in [5.74, 6) is -0.945. The van der Waals surface area contributed by atoms with Crippen LogP contribution in [-0.4, -0.2) is 69.5 Å². The Morgan fingerprint density at radius 3 is 2.52 bits per heavy atom. The van der Waals surface area contributed by atoms with Gasteiger partial charge in [-0.15, -0.1) is 11.8 Å². The van der Waals surface area contributed by atoms with Crippen LogP contribution in [0.3, 0.4) is 0 Å². The van der Waals surface area contributed by atoms with Crippen molar-refractivity contribution in [3.8, 4) is 0 Å². The van der Waals surface area contributed by atoms with Crippen LogP contribution in [0.5, 0.6) is 0 Å². The second-order valence-electron chi connectivity index (χ2n) is 10.1. The van der Waals surface area contributed by atoms with Crippen LogP contribution in [0, 0.1) is 23.7 Å². The lowest BCUT2D eigenvalue weighted by Gasteiger charge is -2.40. The number of likely N-dealkylation sites (tertiary alicyclic amines) is 1. The summed E-state index contributed by atoms with van der Waals surface area (Å²) in [6.45, 7) is 10.1. The summed E-state index contributed by atoms with van der Waals surface area (Å²) in [7, 11) is 1.61. The number of carbonyl (C=O) groups is 3. The van der Waals surface area contributed by atoms with Gasteiger partial charge < -0.3 is 20.6 Å². The van der Waals surface area contributed by atoms with Gasteiger partial charge in [-0.25, -0.2) is 0 Å². The van der Waals surface area contributed by atoms with Gasteiger partial charge in [0.25, 0.3) is 0 Å². The molecule has 0 aliphatic carbocycles. The Morgan fingerprint density at radius 1 is 1.29 bits per heavy atom. The molecule has 31 heavy (non-hydrogen) atoms. The monoisotopic (exact) mass is 453 g/mol. The number of rotatable bonds is 9. The van der Waals surface area contributed by atoms with Crippen LogP contribution >= 0.6 is 11.8 Å². The molecular weight excluding hydrogens is 414 g/mol. The Hall–Kier alpha value is -1.28. The maximum Gasteiger partial charge on any atom is 0.244 e. The van der Waals surface area contributed by atoms with Crippen molar-refractivity contribution in [2.45, 2.75) is 88.4 Å². The number of fused-ring (bicyclic) bond motifs is 1. The molecule has 0 radical (unpaired) electrons. The second kappa shape index (κ2) is 9.30. The minimum absolute atomic E-state index is 0.0104. The third-order valence-corrected chi connectivity index (χ3v) is 9.52. The van der Waals surface area contributed by atoms with Crippen LogP contribution in [0.15, 0.2) is 0 Å². The Balaban J connectivity index is 2.07. The molecule has 3 amide bonds. The van der Waals surface area contributed by atoms with Gasteiger partial charge in [-0.3, -0.25) is 14.4 Å². The second-order valence-corrected chi connectivity index (χ2v) is 11.6. The van der Waals surface area contributed by atoms with Gasteiger partial charge in [-0.2, -0.15) is 0 Å². The third kappa shape index (κ3) is 3.88. The van der Waals surface area contributed by atoms with Crippen LogP contribution in [0.2, 0.25) is 0 Å². The molecule has 3 saturated heterocycles. The van der Waals surface area contributed by atoms with E-state index in [-0.39, 0.29) is 47.5 Å².